The number of anilines is 2. The van der Waals surface area contributed by atoms with E-state index in [0.29, 0.717) is 19.0 Å². The van der Waals surface area contributed by atoms with Crippen molar-refractivity contribution in [3.63, 3.8) is 0 Å². The number of aromatic nitrogens is 3. The molecule has 152 valence electrons. The van der Waals surface area contributed by atoms with Crippen LogP contribution in [0.3, 0.4) is 0 Å². The van der Waals surface area contributed by atoms with Gasteiger partial charge in [0.25, 0.3) is 0 Å². The van der Waals surface area contributed by atoms with Gasteiger partial charge in [-0.3, -0.25) is 10.4 Å². The van der Waals surface area contributed by atoms with Crippen LogP contribution in [-0.4, -0.2) is 53.8 Å². The summed E-state index contributed by atoms with van der Waals surface area (Å²) in [6, 6.07) is 14.0. The molecule has 0 saturated carbocycles. The number of aliphatic imine (C=N–C) groups is 1. The first kappa shape index (κ1) is 19.5. The molecule has 0 amide bonds. The van der Waals surface area contributed by atoms with E-state index in [1.807, 2.05) is 47.0 Å². The van der Waals surface area contributed by atoms with Gasteiger partial charge in [0, 0.05) is 42.6 Å². The second-order valence-electron chi connectivity index (χ2n) is 6.65. The lowest BCUT2D eigenvalue weighted by molar-refractivity contribution is 0.122. The number of hydrogen-bond donors (Lipinski definition) is 1. The van der Waals surface area contributed by atoms with E-state index in [1.54, 1.807) is 18.5 Å². The number of hydrogen-bond acceptors (Lipinski definition) is 7. The van der Waals surface area contributed by atoms with Crippen LogP contribution < -0.4 is 10.3 Å². The Balaban J connectivity index is 1.72. The Labute approximate surface area is 174 Å². The molecule has 0 radical (unpaired) electrons. The van der Waals surface area contributed by atoms with Gasteiger partial charge in [0.1, 0.15) is 5.82 Å². The largest absolute Gasteiger partial charge is 0.378 e. The van der Waals surface area contributed by atoms with E-state index in [2.05, 4.69) is 38.7 Å². The summed E-state index contributed by atoms with van der Waals surface area (Å²) >= 11 is 0. The van der Waals surface area contributed by atoms with Crippen LogP contribution in [0, 0.1) is 0 Å². The topological polar surface area (TPSA) is 79.4 Å². The first-order valence-corrected chi connectivity index (χ1v) is 9.65. The van der Waals surface area contributed by atoms with Crippen LogP contribution in [0.4, 0.5) is 11.6 Å². The van der Waals surface area contributed by atoms with E-state index in [4.69, 9.17) is 9.84 Å². The Morgan fingerprint density at radius 1 is 1.17 bits per heavy atom. The molecule has 3 aromatic rings. The molecule has 8 nitrogen and oxygen atoms in total. The molecule has 1 fully saturated rings. The first-order valence-electron chi connectivity index (χ1n) is 9.65. The third kappa shape index (κ3) is 4.28. The Hall–Kier alpha value is -3.78. The van der Waals surface area contributed by atoms with Crippen LogP contribution in [0.25, 0.3) is 16.9 Å². The van der Waals surface area contributed by atoms with E-state index in [9.17, 15) is 0 Å². The number of allylic oxidation sites excluding steroid dienone is 2. The summed E-state index contributed by atoms with van der Waals surface area (Å²) in [5, 5.41) is 9.06. The maximum Gasteiger partial charge on any atom is 0.160 e. The molecule has 1 aromatic carbocycles. The van der Waals surface area contributed by atoms with Crippen LogP contribution in [0.5, 0.6) is 0 Å². The average molecular weight is 401 g/mol. The fourth-order valence-electron chi connectivity index (χ4n) is 3.20. The number of rotatable bonds is 7. The van der Waals surface area contributed by atoms with Crippen molar-refractivity contribution in [1.82, 2.24) is 14.6 Å². The predicted octanol–water partition coefficient (Wildman–Crippen LogP) is 3.40. The minimum absolute atomic E-state index is 0.620. The van der Waals surface area contributed by atoms with Crippen molar-refractivity contribution in [1.29, 1.82) is 0 Å². The number of fused-ring (bicyclic) bond motifs is 1. The molecule has 0 atom stereocenters. The van der Waals surface area contributed by atoms with Gasteiger partial charge in [-0.15, -0.1) is 0 Å². The predicted molar refractivity (Wildman–Crippen MR) is 121 cm³/mol. The van der Waals surface area contributed by atoms with Crippen LogP contribution in [-0.2, 0) is 4.74 Å². The molecular weight excluding hydrogens is 378 g/mol. The first-order chi connectivity index (χ1) is 14.8. The van der Waals surface area contributed by atoms with E-state index < -0.39 is 0 Å². The highest BCUT2D eigenvalue weighted by molar-refractivity contribution is 5.82. The lowest BCUT2D eigenvalue weighted by atomic mass is 10.2. The molecule has 30 heavy (non-hydrogen) atoms. The summed E-state index contributed by atoms with van der Waals surface area (Å²) in [6.07, 6.45) is 4.85. The number of benzene rings is 1. The average Bonchev–Trinajstić information content (AvgIpc) is 3.23. The maximum absolute atomic E-state index is 5.51. The smallest absolute Gasteiger partial charge is 0.160 e. The SMILES string of the molecule is C=CC(/C=N/Nc1cc(N2CCOCC2)n2nc(-c3ccccc3)cc2n1)=C\N=C. The highest BCUT2D eigenvalue weighted by Gasteiger charge is 2.18. The summed E-state index contributed by atoms with van der Waals surface area (Å²) in [4.78, 5) is 10.7. The molecule has 2 aromatic heterocycles. The molecule has 8 heteroatoms. The fraction of sp³-hybridized carbons (Fsp3) is 0.182. The lowest BCUT2D eigenvalue weighted by Gasteiger charge is -2.29. The van der Waals surface area contributed by atoms with Gasteiger partial charge < -0.3 is 9.64 Å². The minimum Gasteiger partial charge on any atom is -0.378 e. The highest BCUT2D eigenvalue weighted by atomic mass is 16.5. The van der Waals surface area contributed by atoms with Gasteiger partial charge in [0.2, 0.25) is 0 Å². The Morgan fingerprint density at radius 2 is 1.97 bits per heavy atom. The second-order valence-corrected chi connectivity index (χ2v) is 6.65. The van der Waals surface area contributed by atoms with E-state index in [1.165, 1.54) is 0 Å². The van der Waals surface area contributed by atoms with Crippen molar-refractivity contribution in [3.05, 3.63) is 66.9 Å². The van der Waals surface area contributed by atoms with Gasteiger partial charge in [0.15, 0.2) is 11.5 Å². The molecule has 0 aliphatic carbocycles. The van der Waals surface area contributed by atoms with Crippen LogP contribution >= 0.6 is 0 Å². The fourth-order valence-corrected chi connectivity index (χ4v) is 3.20. The van der Waals surface area contributed by atoms with Gasteiger partial charge in [-0.2, -0.15) is 14.7 Å². The molecule has 0 spiro atoms. The normalized spacial score (nSPS) is 14.9. The van der Waals surface area contributed by atoms with Crippen LogP contribution in [0.15, 0.2) is 77.0 Å². The van der Waals surface area contributed by atoms with E-state index in [0.717, 1.165) is 41.4 Å². The molecule has 1 aliphatic heterocycles. The summed E-state index contributed by atoms with van der Waals surface area (Å²) in [5.41, 5.74) is 6.38. The zero-order chi connectivity index (χ0) is 20.8. The van der Waals surface area contributed by atoms with Crippen molar-refractivity contribution < 1.29 is 4.74 Å². The zero-order valence-corrected chi connectivity index (χ0v) is 16.6. The number of ether oxygens (including phenoxy) is 1. The molecule has 0 bridgehead atoms. The maximum atomic E-state index is 5.51. The van der Waals surface area contributed by atoms with Crippen LogP contribution in [0.2, 0.25) is 0 Å². The molecule has 1 saturated heterocycles. The van der Waals surface area contributed by atoms with Crippen molar-refractivity contribution in [3.8, 4) is 11.3 Å². The summed E-state index contributed by atoms with van der Waals surface area (Å²) < 4.78 is 7.38. The number of nitrogens with one attached hydrogen (secondary N) is 1. The molecule has 4 rings (SSSR count). The van der Waals surface area contributed by atoms with Crippen molar-refractivity contribution in [2.75, 3.05) is 36.6 Å². The zero-order valence-electron chi connectivity index (χ0n) is 16.6. The summed E-state index contributed by atoms with van der Waals surface area (Å²) in [5.74, 6) is 1.56. The van der Waals surface area contributed by atoms with Gasteiger partial charge in [0.05, 0.1) is 25.1 Å². The van der Waals surface area contributed by atoms with Crippen LogP contribution in [0.1, 0.15) is 0 Å². The molecule has 1 aliphatic rings. The molecular formula is C22H23N7O. The quantitative estimate of drug-likeness (QED) is 0.373. The minimum atomic E-state index is 0.620. The lowest BCUT2D eigenvalue weighted by Crippen LogP contribution is -2.37. The Bertz CT molecular complexity index is 1100. The number of nitrogens with zero attached hydrogens (tertiary/aromatic N) is 6. The van der Waals surface area contributed by atoms with Gasteiger partial charge in [-0.05, 0) is 6.72 Å². The highest BCUT2D eigenvalue weighted by Crippen LogP contribution is 2.25. The number of hydrazone groups is 1. The second kappa shape index (κ2) is 9.15. The van der Waals surface area contributed by atoms with Crippen molar-refractivity contribution in [2.45, 2.75) is 0 Å². The molecule has 1 N–H and O–H groups in total. The van der Waals surface area contributed by atoms with Crippen molar-refractivity contribution >= 4 is 30.2 Å². The monoisotopic (exact) mass is 401 g/mol. The number of morpholine rings is 1. The van der Waals surface area contributed by atoms with E-state index in [-0.39, 0.29) is 0 Å². The van der Waals surface area contributed by atoms with Crippen molar-refractivity contribution in [2.24, 2.45) is 10.1 Å². The molecule has 3 heterocycles. The molecule has 0 unspecified atom stereocenters. The summed E-state index contributed by atoms with van der Waals surface area (Å²) in [6.45, 7) is 10.1. The van der Waals surface area contributed by atoms with E-state index >= 15 is 0 Å². The van der Waals surface area contributed by atoms with Gasteiger partial charge in [-0.1, -0.05) is 43.0 Å². The van der Waals surface area contributed by atoms with Gasteiger partial charge in [-0.25, -0.2) is 4.98 Å². The Morgan fingerprint density at radius 3 is 2.70 bits per heavy atom. The third-order valence-electron chi connectivity index (χ3n) is 4.68. The van der Waals surface area contributed by atoms with Gasteiger partial charge >= 0.3 is 0 Å². The Kier molecular flexibility index (Phi) is 5.95. The summed E-state index contributed by atoms with van der Waals surface area (Å²) in [7, 11) is 0. The third-order valence-corrected chi connectivity index (χ3v) is 4.68. The standard InChI is InChI=1S/C22H23N7O/c1-3-17(15-23-2)16-24-26-20-14-22(28-9-11-30-12-10-28)29-21(25-20)13-19(27-29)18-7-5-4-6-8-18/h3-8,13-16H,1-2,9-12H2,(H,25,26)/b17-15+,24-16+.